The van der Waals surface area contributed by atoms with Gasteiger partial charge in [-0.3, -0.25) is 0 Å². The predicted molar refractivity (Wildman–Crippen MR) is 110 cm³/mol. The third-order valence-electron chi connectivity index (χ3n) is 4.36. The second-order valence-corrected chi connectivity index (χ2v) is 9.24. The van der Waals surface area contributed by atoms with Gasteiger partial charge in [-0.05, 0) is 65.2 Å². The maximum Gasteiger partial charge on any atom is 0.420 e. The SMILES string of the molecule is CC(C)(C)OC(=O)N1CCc2ccc(-c3nccn3C(=O)OC(C)(C)C)cc2C1. The van der Waals surface area contributed by atoms with Gasteiger partial charge in [0.15, 0.2) is 0 Å². The van der Waals surface area contributed by atoms with Gasteiger partial charge >= 0.3 is 12.2 Å². The number of hydrogen-bond donors (Lipinski definition) is 0. The van der Waals surface area contributed by atoms with E-state index in [1.54, 1.807) is 17.3 Å². The van der Waals surface area contributed by atoms with Gasteiger partial charge in [0.1, 0.15) is 17.0 Å². The van der Waals surface area contributed by atoms with Gasteiger partial charge in [-0.1, -0.05) is 12.1 Å². The first kappa shape index (κ1) is 20.9. The topological polar surface area (TPSA) is 73.7 Å². The van der Waals surface area contributed by atoms with Crippen LogP contribution in [0.25, 0.3) is 11.4 Å². The highest BCUT2D eigenvalue weighted by Crippen LogP contribution is 2.27. The number of nitrogens with zero attached hydrogens (tertiary/aromatic N) is 3. The number of fused-ring (bicyclic) bond motifs is 1. The zero-order valence-electron chi connectivity index (χ0n) is 18.0. The summed E-state index contributed by atoms with van der Waals surface area (Å²) < 4.78 is 12.4. The largest absolute Gasteiger partial charge is 0.444 e. The van der Waals surface area contributed by atoms with E-state index in [9.17, 15) is 9.59 Å². The molecule has 1 aromatic carbocycles. The average molecular weight is 399 g/mol. The van der Waals surface area contributed by atoms with Crippen molar-refractivity contribution in [2.24, 2.45) is 0 Å². The molecule has 1 aromatic heterocycles. The molecule has 0 atom stereocenters. The van der Waals surface area contributed by atoms with Gasteiger partial charge in [0.05, 0.1) is 0 Å². The second-order valence-electron chi connectivity index (χ2n) is 9.24. The molecule has 7 heteroatoms. The quantitative estimate of drug-likeness (QED) is 0.699. The summed E-state index contributed by atoms with van der Waals surface area (Å²) in [5.74, 6) is 0.511. The Bertz CT molecular complexity index is 919. The highest BCUT2D eigenvalue weighted by Gasteiger charge is 2.26. The van der Waals surface area contributed by atoms with Crippen LogP contribution in [0.1, 0.15) is 52.7 Å². The number of aromatic nitrogens is 2. The summed E-state index contributed by atoms with van der Waals surface area (Å²) in [5, 5.41) is 0. The molecule has 0 fully saturated rings. The number of imidazole rings is 1. The molecule has 0 radical (unpaired) electrons. The zero-order chi connectivity index (χ0) is 21.4. The summed E-state index contributed by atoms with van der Waals surface area (Å²) in [5.41, 5.74) is 1.88. The molecule has 156 valence electrons. The average Bonchev–Trinajstić information content (AvgIpc) is 3.07. The predicted octanol–water partition coefficient (Wildman–Crippen LogP) is 4.63. The Morgan fingerprint density at radius 1 is 0.966 bits per heavy atom. The van der Waals surface area contributed by atoms with E-state index in [0.717, 1.165) is 17.5 Å². The van der Waals surface area contributed by atoms with Crippen LogP contribution in [0.2, 0.25) is 0 Å². The Morgan fingerprint density at radius 3 is 2.28 bits per heavy atom. The Morgan fingerprint density at radius 2 is 1.62 bits per heavy atom. The van der Waals surface area contributed by atoms with Crippen molar-refractivity contribution >= 4 is 12.2 Å². The van der Waals surface area contributed by atoms with Crippen LogP contribution in [-0.2, 0) is 22.4 Å². The molecular weight excluding hydrogens is 370 g/mol. The molecule has 0 N–H and O–H groups in total. The van der Waals surface area contributed by atoms with Crippen molar-refractivity contribution in [3.8, 4) is 11.4 Å². The number of carbonyl (C=O) groups is 2. The molecule has 2 heterocycles. The molecule has 1 aliphatic rings. The minimum absolute atomic E-state index is 0.316. The highest BCUT2D eigenvalue weighted by molar-refractivity contribution is 5.77. The van der Waals surface area contributed by atoms with E-state index in [2.05, 4.69) is 4.98 Å². The fourth-order valence-corrected chi connectivity index (χ4v) is 3.15. The lowest BCUT2D eigenvalue weighted by molar-refractivity contribution is 0.0223. The smallest absolute Gasteiger partial charge is 0.420 e. The first-order valence-electron chi connectivity index (χ1n) is 9.80. The van der Waals surface area contributed by atoms with E-state index in [0.29, 0.717) is 18.9 Å². The van der Waals surface area contributed by atoms with Crippen LogP contribution in [0.3, 0.4) is 0 Å². The molecule has 0 unspecified atom stereocenters. The van der Waals surface area contributed by atoms with Crippen LogP contribution in [0.15, 0.2) is 30.6 Å². The normalized spacial score (nSPS) is 14.3. The number of hydrogen-bond acceptors (Lipinski definition) is 5. The van der Waals surface area contributed by atoms with Gasteiger partial charge in [-0.15, -0.1) is 0 Å². The van der Waals surface area contributed by atoms with Crippen molar-refractivity contribution in [3.63, 3.8) is 0 Å². The number of ether oxygens (including phenoxy) is 2. The number of rotatable bonds is 1. The molecule has 7 nitrogen and oxygen atoms in total. The first-order valence-corrected chi connectivity index (χ1v) is 9.80. The van der Waals surface area contributed by atoms with Crippen LogP contribution >= 0.6 is 0 Å². The lowest BCUT2D eigenvalue weighted by atomic mass is 9.97. The molecule has 2 aromatic rings. The molecule has 1 amide bonds. The molecule has 0 saturated heterocycles. The molecular formula is C22H29N3O4. The van der Waals surface area contributed by atoms with Gasteiger partial charge in [-0.25, -0.2) is 19.1 Å². The summed E-state index contributed by atoms with van der Waals surface area (Å²) in [4.78, 5) is 31.0. The van der Waals surface area contributed by atoms with Gasteiger partial charge < -0.3 is 14.4 Å². The zero-order valence-corrected chi connectivity index (χ0v) is 18.0. The van der Waals surface area contributed by atoms with Crippen molar-refractivity contribution < 1.29 is 19.1 Å². The van der Waals surface area contributed by atoms with Gasteiger partial charge in [0, 0.05) is 31.0 Å². The minimum Gasteiger partial charge on any atom is -0.444 e. The van der Waals surface area contributed by atoms with Gasteiger partial charge in [-0.2, -0.15) is 0 Å². The van der Waals surface area contributed by atoms with Crippen LogP contribution < -0.4 is 0 Å². The standard InChI is InChI=1S/C22H29N3O4/c1-21(2,3)28-19(26)24-11-9-15-7-8-16(13-17(15)14-24)18-23-10-12-25(18)20(27)29-22(4,5)6/h7-8,10,12-13H,9,11,14H2,1-6H3. The summed E-state index contributed by atoms with van der Waals surface area (Å²) in [6.07, 6.45) is 3.14. The first-order chi connectivity index (χ1) is 13.4. The molecule has 0 bridgehead atoms. The van der Waals surface area contributed by atoms with Crippen LogP contribution in [0, 0.1) is 0 Å². The molecule has 0 aliphatic carbocycles. The Kier molecular flexibility index (Phi) is 5.43. The third kappa shape index (κ3) is 5.16. The Labute approximate surface area is 171 Å². The number of amides is 1. The van der Waals surface area contributed by atoms with E-state index < -0.39 is 17.3 Å². The van der Waals surface area contributed by atoms with Crippen LogP contribution in [-0.4, -0.2) is 44.4 Å². The van der Waals surface area contributed by atoms with Crippen molar-refractivity contribution in [3.05, 3.63) is 41.7 Å². The molecule has 3 rings (SSSR count). The summed E-state index contributed by atoms with van der Waals surface area (Å²) in [7, 11) is 0. The maximum atomic E-state index is 12.5. The van der Waals surface area contributed by atoms with Crippen molar-refractivity contribution in [2.75, 3.05) is 6.54 Å². The van der Waals surface area contributed by atoms with E-state index in [1.807, 2.05) is 59.7 Å². The fraction of sp³-hybridized carbons (Fsp3) is 0.500. The molecule has 29 heavy (non-hydrogen) atoms. The minimum atomic E-state index is -0.595. The summed E-state index contributed by atoms with van der Waals surface area (Å²) in [6.45, 7) is 12.1. The second kappa shape index (κ2) is 7.54. The van der Waals surface area contributed by atoms with E-state index in [4.69, 9.17) is 9.47 Å². The number of benzene rings is 1. The van der Waals surface area contributed by atoms with Gasteiger partial charge in [0.25, 0.3) is 0 Å². The summed E-state index contributed by atoms with van der Waals surface area (Å²) >= 11 is 0. The summed E-state index contributed by atoms with van der Waals surface area (Å²) in [6, 6.07) is 5.96. The fourth-order valence-electron chi connectivity index (χ4n) is 3.15. The van der Waals surface area contributed by atoms with Gasteiger partial charge in [0.2, 0.25) is 0 Å². The highest BCUT2D eigenvalue weighted by atomic mass is 16.6. The van der Waals surface area contributed by atoms with Crippen LogP contribution in [0.4, 0.5) is 9.59 Å². The molecule has 0 spiro atoms. The Hall–Kier alpha value is -2.83. The third-order valence-corrected chi connectivity index (χ3v) is 4.36. The van der Waals surface area contributed by atoms with Crippen molar-refractivity contribution in [2.45, 2.75) is 65.7 Å². The van der Waals surface area contributed by atoms with Crippen molar-refractivity contribution in [1.29, 1.82) is 0 Å². The van der Waals surface area contributed by atoms with Crippen molar-refractivity contribution in [1.82, 2.24) is 14.5 Å². The lowest BCUT2D eigenvalue weighted by Gasteiger charge is -2.31. The van der Waals surface area contributed by atoms with E-state index in [-0.39, 0.29) is 6.09 Å². The Balaban J connectivity index is 1.84. The van der Waals surface area contributed by atoms with E-state index >= 15 is 0 Å². The molecule has 1 aliphatic heterocycles. The molecule has 0 saturated carbocycles. The number of carbonyl (C=O) groups excluding carboxylic acids is 2. The monoisotopic (exact) mass is 399 g/mol. The lowest BCUT2D eigenvalue weighted by Crippen LogP contribution is -2.39. The maximum absolute atomic E-state index is 12.5. The van der Waals surface area contributed by atoms with E-state index in [1.165, 1.54) is 10.1 Å². The van der Waals surface area contributed by atoms with Crippen LogP contribution in [0.5, 0.6) is 0 Å².